The van der Waals surface area contributed by atoms with Crippen molar-refractivity contribution in [3.05, 3.63) is 47.4 Å². The molecule has 1 saturated heterocycles. The van der Waals surface area contributed by atoms with E-state index in [-0.39, 0.29) is 30.2 Å². The molecule has 40 heavy (non-hydrogen) atoms. The number of carbonyl (C=O) groups excluding carboxylic acids is 2. The van der Waals surface area contributed by atoms with Gasteiger partial charge in [-0.3, -0.25) is 9.48 Å². The Kier molecular flexibility index (Phi) is 9.63. The topological polar surface area (TPSA) is 97.1 Å². The van der Waals surface area contributed by atoms with Gasteiger partial charge in [-0.25, -0.2) is 9.18 Å². The molecule has 0 spiro atoms. The summed E-state index contributed by atoms with van der Waals surface area (Å²) in [6.45, 7) is 8.56. The van der Waals surface area contributed by atoms with Crippen LogP contribution in [-0.2, 0) is 21.3 Å². The number of aryl methyl sites for hydroxylation is 1. The minimum Gasteiger partial charge on any atom is -0.457 e. The Hall–Kier alpha value is -3.24. The van der Waals surface area contributed by atoms with Gasteiger partial charge in [0.05, 0.1) is 29.6 Å². The number of aliphatic hydroxyl groups excluding tert-OH is 1. The molecule has 0 aliphatic carbocycles. The van der Waals surface area contributed by atoms with Crippen LogP contribution in [0.5, 0.6) is 0 Å². The second-order valence-corrected chi connectivity index (χ2v) is 11.3. The maximum atomic E-state index is 14.7. The van der Waals surface area contributed by atoms with Gasteiger partial charge in [0.2, 0.25) is 0 Å². The summed E-state index contributed by atoms with van der Waals surface area (Å²) in [5.74, 6) is -1.21. The minimum absolute atomic E-state index is 0.0614. The summed E-state index contributed by atoms with van der Waals surface area (Å²) in [6, 6.07) is 3.27. The van der Waals surface area contributed by atoms with Crippen LogP contribution in [-0.4, -0.2) is 88.3 Å². The van der Waals surface area contributed by atoms with Gasteiger partial charge in [0.1, 0.15) is 18.0 Å². The van der Waals surface area contributed by atoms with Gasteiger partial charge in [0.25, 0.3) is 0 Å². The molecule has 0 unspecified atom stereocenters. The third kappa shape index (κ3) is 7.28. The fourth-order valence-electron chi connectivity index (χ4n) is 5.28. The monoisotopic (exact) mass is 556 g/mol. The largest absolute Gasteiger partial charge is 0.457 e. The van der Waals surface area contributed by atoms with Crippen molar-refractivity contribution in [2.24, 2.45) is 18.9 Å². The van der Waals surface area contributed by atoms with Crippen LogP contribution in [0.4, 0.5) is 9.18 Å². The molecule has 9 nitrogen and oxygen atoms in total. The van der Waals surface area contributed by atoms with Crippen molar-refractivity contribution in [2.75, 3.05) is 33.2 Å². The molecule has 0 bridgehead atoms. The number of rotatable bonds is 3. The zero-order chi connectivity index (χ0) is 29.0. The Morgan fingerprint density at radius 3 is 2.60 bits per heavy atom. The third-order valence-electron chi connectivity index (χ3n) is 7.94. The van der Waals surface area contributed by atoms with Crippen molar-refractivity contribution in [3.8, 4) is 0 Å². The second kappa shape index (κ2) is 13.0. The van der Waals surface area contributed by atoms with Crippen molar-refractivity contribution in [1.82, 2.24) is 19.6 Å². The zero-order valence-corrected chi connectivity index (χ0v) is 24.0. The predicted molar refractivity (Wildman–Crippen MR) is 151 cm³/mol. The first-order chi connectivity index (χ1) is 19.0. The van der Waals surface area contributed by atoms with E-state index in [0.29, 0.717) is 42.4 Å². The smallest absolute Gasteiger partial charge is 0.410 e. The standard InChI is InChI=1S/C30H41FN4O5/c1-19-6-8-23(36)17-28(37)40-29(21(3)14-22-15-25(31)24-18-32-34(5)26(24)16-22)20(2)7-9-27(19)39-30(38)35-12-10-33(4)11-13-35/h7,9,14-16,18-20,23,27,29,36H,6,8,10-13,17H2,1-5H3/b9-7+,21-14+/t19-,20-,23+,27+,29-/m0/s1. The summed E-state index contributed by atoms with van der Waals surface area (Å²) in [6.07, 6.45) is 5.53. The summed E-state index contributed by atoms with van der Waals surface area (Å²) < 4.78 is 28.2. The minimum atomic E-state index is -0.867. The number of fused-ring (bicyclic) bond motifs is 1. The number of benzene rings is 1. The van der Waals surface area contributed by atoms with Gasteiger partial charge in [-0.15, -0.1) is 0 Å². The Labute approximate surface area is 235 Å². The number of piperazine rings is 1. The van der Waals surface area contributed by atoms with Gasteiger partial charge < -0.3 is 24.4 Å². The molecule has 10 heteroatoms. The molecule has 1 fully saturated rings. The average Bonchev–Trinajstić information content (AvgIpc) is 3.28. The summed E-state index contributed by atoms with van der Waals surface area (Å²) in [5, 5.41) is 15.1. The van der Waals surface area contributed by atoms with Gasteiger partial charge in [-0.05, 0) is 62.1 Å². The predicted octanol–water partition coefficient (Wildman–Crippen LogP) is 4.15. The number of likely N-dealkylation sites (N-methyl/N-ethyl adjacent to an activating group) is 1. The van der Waals surface area contributed by atoms with E-state index in [1.165, 1.54) is 12.3 Å². The zero-order valence-electron chi connectivity index (χ0n) is 24.0. The summed E-state index contributed by atoms with van der Waals surface area (Å²) in [5.41, 5.74) is 2.00. The molecule has 0 saturated carbocycles. The first kappa shape index (κ1) is 29.7. The molecule has 0 radical (unpaired) electrons. The highest BCUT2D eigenvalue weighted by molar-refractivity contribution is 5.82. The lowest BCUT2D eigenvalue weighted by atomic mass is 9.91. The van der Waals surface area contributed by atoms with Crippen LogP contribution in [0.25, 0.3) is 17.0 Å². The molecule has 2 aromatic rings. The summed E-state index contributed by atoms with van der Waals surface area (Å²) in [4.78, 5) is 29.6. The van der Waals surface area contributed by atoms with Crippen LogP contribution in [0.1, 0.15) is 45.6 Å². The maximum Gasteiger partial charge on any atom is 0.410 e. The fourth-order valence-corrected chi connectivity index (χ4v) is 5.28. The molecule has 4 rings (SSSR count). The molecule has 1 aromatic carbocycles. The summed E-state index contributed by atoms with van der Waals surface area (Å²) in [7, 11) is 3.78. The van der Waals surface area contributed by atoms with E-state index in [9.17, 15) is 19.1 Å². The highest BCUT2D eigenvalue weighted by Crippen LogP contribution is 2.27. The fraction of sp³-hybridized carbons (Fsp3) is 0.567. The first-order valence-corrected chi connectivity index (χ1v) is 14.0. The van der Waals surface area contributed by atoms with Gasteiger partial charge >= 0.3 is 12.1 Å². The van der Waals surface area contributed by atoms with E-state index in [2.05, 4.69) is 10.00 Å². The van der Waals surface area contributed by atoms with E-state index in [0.717, 1.165) is 18.7 Å². The van der Waals surface area contributed by atoms with Crippen LogP contribution in [0.15, 0.2) is 36.1 Å². The number of hydrogen-bond donors (Lipinski definition) is 1. The van der Waals surface area contributed by atoms with Gasteiger partial charge in [0, 0.05) is 39.1 Å². The Morgan fingerprint density at radius 1 is 1.15 bits per heavy atom. The van der Waals surface area contributed by atoms with E-state index in [1.54, 1.807) is 22.7 Å². The molecule has 1 amide bonds. The molecule has 2 aliphatic heterocycles. The number of hydrogen-bond acceptors (Lipinski definition) is 7. The first-order valence-electron chi connectivity index (χ1n) is 14.0. The molecule has 218 valence electrons. The third-order valence-corrected chi connectivity index (χ3v) is 7.94. The number of aliphatic hydroxyl groups is 1. The normalized spacial score (nSPS) is 28.5. The average molecular weight is 557 g/mol. The number of halogens is 1. The van der Waals surface area contributed by atoms with E-state index in [1.807, 2.05) is 46.0 Å². The van der Waals surface area contributed by atoms with E-state index < -0.39 is 24.3 Å². The molecule has 1 aromatic heterocycles. The van der Waals surface area contributed by atoms with E-state index in [4.69, 9.17) is 9.47 Å². The number of carbonyl (C=O) groups is 2. The summed E-state index contributed by atoms with van der Waals surface area (Å²) >= 11 is 0. The van der Waals surface area contributed by atoms with Crippen LogP contribution < -0.4 is 0 Å². The molecule has 2 aliphatic rings. The quantitative estimate of drug-likeness (QED) is 0.448. The van der Waals surface area contributed by atoms with Gasteiger partial charge in [0.15, 0.2) is 0 Å². The van der Waals surface area contributed by atoms with Crippen LogP contribution in [0, 0.1) is 17.7 Å². The van der Waals surface area contributed by atoms with Crippen molar-refractivity contribution < 1.29 is 28.6 Å². The molecular formula is C30H41FN4O5. The second-order valence-electron chi connectivity index (χ2n) is 11.3. The van der Waals surface area contributed by atoms with Crippen molar-refractivity contribution in [3.63, 3.8) is 0 Å². The van der Waals surface area contributed by atoms with Crippen LogP contribution in [0.2, 0.25) is 0 Å². The molecule has 3 heterocycles. The molecule has 1 N–H and O–H groups in total. The highest BCUT2D eigenvalue weighted by Gasteiger charge is 2.29. The van der Waals surface area contributed by atoms with Crippen molar-refractivity contribution >= 4 is 29.0 Å². The lowest BCUT2D eigenvalue weighted by Gasteiger charge is -2.33. The number of amides is 1. The number of cyclic esters (lactones) is 1. The Balaban J connectivity index is 1.59. The van der Waals surface area contributed by atoms with Gasteiger partial charge in [-0.1, -0.05) is 26.0 Å². The van der Waals surface area contributed by atoms with Crippen LogP contribution >= 0.6 is 0 Å². The maximum absolute atomic E-state index is 14.7. The number of esters is 1. The van der Waals surface area contributed by atoms with Crippen LogP contribution in [0.3, 0.4) is 0 Å². The molecule has 5 atom stereocenters. The number of aromatic nitrogens is 2. The Morgan fingerprint density at radius 2 is 1.88 bits per heavy atom. The Bertz CT molecular complexity index is 1270. The van der Waals surface area contributed by atoms with Crippen molar-refractivity contribution in [2.45, 2.75) is 58.3 Å². The van der Waals surface area contributed by atoms with Gasteiger partial charge in [-0.2, -0.15) is 5.10 Å². The lowest BCUT2D eigenvalue weighted by molar-refractivity contribution is -0.151. The van der Waals surface area contributed by atoms with E-state index >= 15 is 0 Å². The molecular weight excluding hydrogens is 515 g/mol. The SMILES string of the molecule is C/C(=C\c1cc(F)c2cnn(C)c2c1)[C@H]1OC(=O)C[C@H](O)CC[C@H](C)[C@H](OC(=O)N2CCN(C)CC2)/C=C/[C@@H]1C. The number of ether oxygens (including phenoxy) is 2. The van der Waals surface area contributed by atoms with Crippen molar-refractivity contribution in [1.29, 1.82) is 0 Å². The number of nitrogens with zero attached hydrogens (tertiary/aromatic N) is 4. The lowest BCUT2D eigenvalue weighted by Crippen LogP contribution is -2.48. The highest BCUT2D eigenvalue weighted by atomic mass is 19.1.